The molecule has 3 N–H and O–H groups in total. The van der Waals surface area contributed by atoms with E-state index in [0.717, 1.165) is 25.0 Å². The van der Waals surface area contributed by atoms with Gasteiger partial charge in [0.25, 0.3) is 5.91 Å². The highest BCUT2D eigenvalue weighted by molar-refractivity contribution is 5.97. The number of aryl methyl sites for hydroxylation is 1. The van der Waals surface area contributed by atoms with Crippen LogP contribution in [0.5, 0.6) is 0 Å². The number of amides is 1. The first kappa shape index (κ1) is 12.5. The van der Waals surface area contributed by atoms with Crippen LogP contribution in [-0.4, -0.2) is 34.6 Å². The van der Waals surface area contributed by atoms with E-state index in [1.807, 2.05) is 6.92 Å². The predicted octanol–water partition coefficient (Wildman–Crippen LogP) is 1.43. The summed E-state index contributed by atoms with van der Waals surface area (Å²) in [4.78, 5) is 13.6. The molecule has 5 nitrogen and oxygen atoms in total. The van der Waals surface area contributed by atoms with E-state index in [0.29, 0.717) is 17.9 Å². The van der Waals surface area contributed by atoms with E-state index in [9.17, 15) is 4.79 Å². The Balaban J connectivity index is 2.83. The Morgan fingerprint density at radius 1 is 1.44 bits per heavy atom. The number of carbonyl (C=O) groups excluding carboxylic acids is 1. The predicted molar refractivity (Wildman–Crippen MR) is 64.2 cm³/mol. The van der Waals surface area contributed by atoms with Gasteiger partial charge in [-0.2, -0.15) is 5.10 Å². The van der Waals surface area contributed by atoms with Crippen molar-refractivity contribution in [1.29, 1.82) is 0 Å². The van der Waals surface area contributed by atoms with Crippen molar-refractivity contribution in [2.45, 2.75) is 33.1 Å². The zero-order valence-corrected chi connectivity index (χ0v) is 10.2. The number of nitrogen functional groups attached to an aromatic ring is 1. The van der Waals surface area contributed by atoms with Gasteiger partial charge in [-0.3, -0.25) is 9.89 Å². The lowest BCUT2D eigenvalue weighted by atomic mass is 10.2. The Bertz CT molecular complexity index is 359. The quantitative estimate of drug-likeness (QED) is 0.794. The molecule has 0 unspecified atom stereocenters. The second-order valence-electron chi connectivity index (χ2n) is 3.94. The van der Waals surface area contributed by atoms with E-state index in [1.165, 1.54) is 0 Å². The van der Waals surface area contributed by atoms with Gasteiger partial charge in [-0.1, -0.05) is 20.3 Å². The minimum atomic E-state index is -0.113. The van der Waals surface area contributed by atoms with Crippen LogP contribution >= 0.6 is 0 Å². The molecule has 0 atom stereocenters. The summed E-state index contributed by atoms with van der Waals surface area (Å²) < 4.78 is 0. The van der Waals surface area contributed by atoms with Crippen LogP contribution in [0.4, 0.5) is 5.69 Å². The standard InChI is InChI=1S/C11H20N4O/c1-4-6-8-9(12)10(14-13-8)11(16)15(3)7-5-2/h4-7,12H2,1-3H3,(H,13,14). The Morgan fingerprint density at radius 3 is 2.69 bits per heavy atom. The molecule has 0 aliphatic rings. The van der Waals surface area contributed by atoms with Gasteiger partial charge < -0.3 is 10.6 Å². The number of anilines is 1. The number of hydrogen-bond acceptors (Lipinski definition) is 3. The van der Waals surface area contributed by atoms with Crippen molar-refractivity contribution in [3.8, 4) is 0 Å². The van der Waals surface area contributed by atoms with Crippen LogP contribution in [0, 0.1) is 0 Å². The fraction of sp³-hybridized carbons (Fsp3) is 0.636. The van der Waals surface area contributed by atoms with Gasteiger partial charge in [0.1, 0.15) is 0 Å². The van der Waals surface area contributed by atoms with E-state index in [1.54, 1.807) is 11.9 Å². The molecule has 0 saturated carbocycles. The maximum absolute atomic E-state index is 11.9. The molecule has 16 heavy (non-hydrogen) atoms. The van der Waals surface area contributed by atoms with Gasteiger partial charge in [0.05, 0.1) is 11.4 Å². The van der Waals surface area contributed by atoms with Crippen molar-refractivity contribution < 1.29 is 4.79 Å². The molecule has 0 aromatic carbocycles. The molecule has 1 heterocycles. The van der Waals surface area contributed by atoms with Crippen LogP contribution in [0.1, 0.15) is 42.9 Å². The Kier molecular flexibility index (Phi) is 4.34. The monoisotopic (exact) mass is 224 g/mol. The van der Waals surface area contributed by atoms with Gasteiger partial charge in [-0.05, 0) is 12.8 Å². The minimum absolute atomic E-state index is 0.113. The molecule has 0 radical (unpaired) electrons. The third-order valence-electron chi connectivity index (χ3n) is 2.49. The summed E-state index contributed by atoms with van der Waals surface area (Å²) in [6.45, 7) is 4.80. The number of nitrogens with one attached hydrogen (secondary N) is 1. The first-order valence-electron chi connectivity index (χ1n) is 5.69. The fourth-order valence-electron chi connectivity index (χ4n) is 1.61. The molecule has 0 fully saturated rings. The van der Waals surface area contributed by atoms with Gasteiger partial charge >= 0.3 is 0 Å². The number of carbonyl (C=O) groups is 1. The van der Waals surface area contributed by atoms with Gasteiger partial charge in [0, 0.05) is 13.6 Å². The number of rotatable bonds is 5. The zero-order chi connectivity index (χ0) is 12.1. The second-order valence-corrected chi connectivity index (χ2v) is 3.94. The highest BCUT2D eigenvalue weighted by atomic mass is 16.2. The molecular formula is C11H20N4O. The topological polar surface area (TPSA) is 75.0 Å². The number of nitrogens with two attached hydrogens (primary N) is 1. The van der Waals surface area contributed by atoms with Crippen molar-refractivity contribution in [2.75, 3.05) is 19.3 Å². The number of aromatic amines is 1. The average molecular weight is 224 g/mol. The van der Waals surface area contributed by atoms with Crippen LogP contribution in [-0.2, 0) is 6.42 Å². The first-order chi connectivity index (χ1) is 7.61. The molecular weight excluding hydrogens is 204 g/mol. The van der Waals surface area contributed by atoms with Crippen molar-refractivity contribution >= 4 is 11.6 Å². The lowest BCUT2D eigenvalue weighted by molar-refractivity contribution is 0.0790. The summed E-state index contributed by atoms with van der Waals surface area (Å²) in [5.74, 6) is -0.113. The van der Waals surface area contributed by atoms with Crippen LogP contribution in [0.15, 0.2) is 0 Å². The SMILES string of the molecule is CCCc1[nH]nc(C(=O)N(C)CCC)c1N. The van der Waals surface area contributed by atoms with Gasteiger partial charge in [0.2, 0.25) is 0 Å². The second kappa shape index (κ2) is 5.53. The fourth-order valence-corrected chi connectivity index (χ4v) is 1.61. The maximum Gasteiger partial charge on any atom is 0.276 e. The number of nitrogens with zero attached hydrogens (tertiary/aromatic N) is 2. The molecule has 0 aliphatic heterocycles. The summed E-state index contributed by atoms with van der Waals surface area (Å²) in [6, 6.07) is 0. The number of hydrogen-bond donors (Lipinski definition) is 2. The molecule has 1 amide bonds. The molecule has 0 saturated heterocycles. The molecule has 5 heteroatoms. The lowest BCUT2D eigenvalue weighted by Crippen LogP contribution is -2.28. The van der Waals surface area contributed by atoms with Crippen molar-refractivity contribution in [3.05, 3.63) is 11.4 Å². The van der Waals surface area contributed by atoms with Gasteiger partial charge in [-0.15, -0.1) is 0 Å². The van der Waals surface area contributed by atoms with Crippen molar-refractivity contribution in [1.82, 2.24) is 15.1 Å². The van der Waals surface area contributed by atoms with Crippen molar-refractivity contribution in [3.63, 3.8) is 0 Å². The highest BCUT2D eigenvalue weighted by Gasteiger charge is 2.19. The van der Waals surface area contributed by atoms with Gasteiger partial charge in [-0.25, -0.2) is 0 Å². The molecule has 0 aliphatic carbocycles. The van der Waals surface area contributed by atoms with E-state index in [4.69, 9.17) is 5.73 Å². The summed E-state index contributed by atoms with van der Waals surface area (Å²) in [5.41, 5.74) is 7.58. The van der Waals surface area contributed by atoms with E-state index in [-0.39, 0.29) is 5.91 Å². The molecule has 0 bridgehead atoms. The normalized spacial score (nSPS) is 10.4. The number of H-pyrrole nitrogens is 1. The van der Waals surface area contributed by atoms with E-state index in [2.05, 4.69) is 17.1 Å². The van der Waals surface area contributed by atoms with Crippen LogP contribution < -0.4 is 5.73 Å². The smallest absolute Gasteiger partial charge is 0.276 e. The summed E-state index contributed by atoms with van der Waals surface area (Å²) >= 11 is 0. The molecule has 1 aromatic heterocycles. The largest absolute Gasteiger partial charge is 0.395 e. The highest BCUT2D eigenvalue weighted by Crippen LogP contribution is 2.16. The van der Waals surface area contributed by atoms with E-state index < -0.39 is 0 Å². The minimum Gasteiger partial charge on any atom is -0.395 e. The average Bonchev–Trinajstić information content (AvgIpc) is 2.61. The van der Waals surface area contributed by atoms with E-state index >= 15 is 0 Å². The summed E-state index contributed by atoms with van der Waals surface area (Å²) in [5, 5.41) is 6.83. The zero-order valence-electron chi connectivity index (χ0n) is 10.2. The number of aromatic nitrogens is 2. The third kappa shape index (κ3) is 2.53. The van der Waals surface area contributed by atoms with Crippen LogP contribution in [0.25, 0.3) is 0 Å². The molecule has 1 rings (SSSR count). The maximum atomic E-state index is 11.9. The molecule has 1 aromatic rings. The molecule has 0 spiro atoms. The Morgan fingerprint density at radius 2 is 2.12 bits per heavy atom. The van der Waals surface area contributed by atoms with Gasteiger partial charge in [0.15, 0.2) is 5.69 Å². The van der Waals surface area contributed by atoms with Crippen LogP contribution in [0.2, 0.25) is 0 Å². The Labute approximate surface area is 96.0 Å². The third-order valence-corrected chi connectivity index (χ3v) is 2.49. The Hall–Kier alpha value is -1.52. The molecule has 90 valence electrons. The first-order valence-corrected chi connectivity index (χ1v) is 5.69. The van der Waals surface area contributed by atoms with Crippen LogP contribution in [0.3, 0.4) is 0 Å². The summed E-state index contributed by atoms with van der Waals surface area (Å²) in [6.07, 6.45) is 2.73. The van der Waals surface area contributed by atoms with Crippen molar-refractivity contribution in [2.24, 2.45) is 0 Å². The lowest BCUT2D eigenvalue weighted by Gasteiger charge is -2.14. The summed E-state index contributed by atoms with van der Waals surface area (Å²) in [7, 11) is 1.76.